The van der Waals surface area contributed by atoms with E-state index in [4.69, 9.17) is 0 Å². The van der Waals surface area contributed by atoms with Gasteiger partial charge in [0.25, 0.3) is 10.0 Å². The van der Waals surface area contributed by atoms with E-state index in [0.29, 0.717) is 5.69 Å². The van der Waals surface area contributed by atoms with E-state index in [9.17, 15) is 17.6 Å². The first-order valence-electron chi connectivity index (χ1n) is 5.93. The first kappa shape index (κ1) is 14.0. The predicted molar refractivity (Wildman–Crippen MR) is 76.4 cm³/mol. The van der Waals surface area contributed by atoms with Crippen LogP contribution in [0.4, 0.5) is 15.8 Å². The number of hydrogen-bond acceptors (Lipinski definition) is 5. The molecule has 0 atom stereocenters. The van der Waals surface area contributed by atoms with Crippen LogP contribution in [0.2, 0.25) is 0 Å². The summed E-state index contributed by atoms with van der Waals surface area (Å²) in [5.74, 6) is -1.07. The molecular formula is C12H10FN3O3S2. The van der Waals surface area contributed by atoms with Gasteiger partial charge in [-0.25, -0.2) is 12.8 Å². The molecule has 0 radical (unpaired) electrons. The van der Waals surface area contributed by atoms with Gasteiger partial charge in [-0.3, -0.25) is 9.10 Å². The summed E-state index contributed by atoms with van der Waals surface area (Å²) in [5, 5.41) is 2.46. The Hall–Kier alpha value is -2.00. The molecule has 2 heterocycles. The van der Waals surface area contributed by atoms with E-state index in [0.717, 1.165) is 28.0 Å². The third-order valence-corrected chi connectivity index (χ3v) is 6.00. The number of nitrogens with zero attached hydrogens (tertiary/aromatic N) is 2. The predicted octanol–water partition coefficient (Wildman–Crippen LogP) is 1.74. The highest BCUT2D eigenvalue weighted by atomic mass is 32.2. The number of halogens is 1. The molecule has 3 rings (SSSR count). The van der Waals surface area contributed by atoms with Gasteiger partial charge in [-0.1, -0.05) is 0 Å². The summed E-state index contributed by atoms with van der Waals surface area (Å²) in [6.07, 6.45) is 0. The van der Waals surface area contributed by atoms with Gasteiger partial charge in [0.2, 0.25) is 5.91 Å². The molecular weight excluding hydrogens is 317 g/mol. The third-order valence-electron chi connectivity index (χ3n) is 2.94. The Kier molecular flexibility index (Phi) is 3.18. The van der Waals surface area contributed by atoms with Crippen LogP contribution in [0.25, 0.3) is 0 Å². The molecule has 0 saturated heterocycles. The molecule has 0 bridgehead atoms. The number of benzene rings is 1. The molecule has 6 nitrogen and oxygen atoms in total. The topological polar surface area (TPSA) is 79.4 Å². The number of hydrogen-bond donors (Lipinski definition) is 1. The zero-order valence-electron chi connectivity index (χ0n) is 10.8. The summed E-state index contributed by atoms with van der Waals surface area (Å²) in [6.45, 7) is 1.33. The number of carbonyl (C=O) groups is 1. The summed E-state index contributed by atoms with van der Waals surface area (Å²) in [6, 6.07) is 5.01. The number of aromatic nitrogens is 1. The van der Waals surface area contributed by atoms with E-state index in [-0.39, 0.29) is 22.1 Å². The fraction of sp³-hybridized carbons (Fsp3) is 0.167. The number of anilines is 2. The van der Waals surface area contributed by atoms with Crippen molar-refractivity contribution in [2.24, 2.45) is 0 Å². The Morgan fingerprint density at radius 1 is 1.38 bits per heavy atom. The molecule has 1 aliphatic heterocycles. The maximum Gasteiger partial charge on any atom is 0.275 e. The van der Waals surface area contributed by atoms with E-state index in [1.165, 1.54) is 12.1 Å². The van der Waals surface area contributed by atoms with Crippen LogP contribution in [0.3, 0.4) is 0 Å². The second-order valence-electron chi connectivity index (χ2n) is 4.51. The van der Waals surface area contributed by atoms with Crippen LogP contribution in [0.5, 0.6) is 0 Å². The Morgan fingerprint density at radius 2 is 2.14 bits per heavy atom. The van der Waals surface area contributed by atoms with Crippen LogP contribution >= 0.6 is 11.5 Å². The van der Waals surface area contributed by atoms with Crippen molar-refractivity contribution in [1.82, 2.24) is 4.37 Å². The Balaban J connectivity index is 2.13. The normalized spacial score (nSPS) is 14.8. The van der Waals surface area contributed by atoms with Crippen molar-refractivity contribution in [2.45, 2.75) is 11.1 Å². The number of sulfonamides is 1. The maximum absolute atomic E-state index is 13.2. The molecule has 1 aliphatic rings. The fourth-order valence-corrected chi connectivity index (χ4v) is 4.53. The summed E-state index contributed by atoms with van der Waals surface area (Å²) < 4.78 is 43.4. The summed E-state index contributed by atoms with van der Waals surface area (Å²) in [7, 11) is -3.89. The fourth-order valence-electron chi connectivity index (χ4n) is 2.02. The van der Waals surface area contributed by atoms with Crippen LogP contribution in [0.1, 0.15) is 5.69 Å². The van der Waals surface area contributed by atoms with Crippen LogP contribution in [-0.2, 0) is 14.8 Å². The molecule has 1 N–H and O–H groups in total. The van der Waals surface area contributed by atoms with E-state index in [1.807, 2.05) is 0 Å². The van der Waals surface area contributed by atoms with Gasteiger partial charge in [0.1, 0.15) is 12.4 Å². The highest BCUT2D eigenvalue weighted by molar-refractivity contribution is 7.94. The standard InChI is InChI=1S/C12H10FN3O3S2/c1-7-4-12(20-15-7)21(18,19)16-6-11(17)14-9-5-8(13)2-3-10(9)16/h2-5H,6H2,1H3,(H,14,17). The first-order valence-corrected chi connectivity index (χ1v) is 8.15. The van der Waals surface area contributed by atoms with Gasteiger partial charge in [-0.2, -0.15) is 4.37 Å². The van der Waals surface area contributed by atoms with Crippen molar-refractivity contribution in [1.29, 1.82) is 0 Å². The Bertz CT molecular complexity index is 832. The largest absolute Gasteiger partial charge is 0.323 e. The van der Waals surface area contributed by atoms with Crippen LogP contribution in [-0.4, -0.2) is 25.2 Å². The third kappa shape index (κ3) is 2.38. The Morgan fingerprint density at radius 3 is 2.81 bits per heavy atom. The van der Waals surface area contributed by atoms with Crippen molar-refractivity contribution in [3.8, 4) is 0 Å². The van der Waals surface area contributed by atoms with Crippen molar-refractivity contribution < 1.29 is 17.6 Å². The summed E-state index contributed by atoms with van der Waals surface area (Å²) in [4.78, 5) is 11.7. The molecule has 0 saturated carbocycles. The minimum Gasteiger partial charge on any atom is -0.323 e. The molecule has 0 aliphatic carbocycles. The summed E-state index contributed by atoms with van der Waals surface area (Å²) in [5.41, 5.74) is 0.956. The maximum atomic E-state index is 13.2. The minimum absolute atomic E-state index is 0.0463. The van der Waals surface area contributed by atoms with Gasteiger partial charge >= 0.3 is 0 Å². The molecule has 1 amide bonds. The minimum atomic E-state index is -3.89. The molecule has 0 unspecified atom stereocenters. The lowest BCUT2D eigenvalue weighted by Crippen LogP contribution is -2.41. The first-order chi connectivity index (χ1) is 9.88. The molecule has 110 valence electrons. The van der Waals surface area contributed by atoms with Gasteiger partial charge < -0.3 is 5.32 Å². The average Bonchev–Trinajstić information content (AvgIpc) is 2.84. The number of amides is 1. The van der Waals surface area contributed by atoms with Gasteiger partial charge in [0.15, 0.2) is 4.21 Å². The second kappa shape index (κ2) is 4.78. The SMILES string of the molecule is Cc1cc(S(=O)(=O)N2CC(=O)Nc3cc(F)ccc32)sn1. The van der Waals surface area contributed by atoms with Crippen molar-refractivity contribution in [2.75, 3.05) is 16.2 Å². The number of fused-ring (bicyclic) bond motifs is 1. The van der Waals surface area contributed by atoms with E-state index in [2.05, 4.69) is 9.69 Å². The second-order valence-corrected chi connectivity index (χ2v) is 7.40. The molecule has 9 heteroatoms. The zero-order valence-corrected chi connectivity index (χ0v) is 12.5. The number of aryl methyl sites for hydroxylation is 1. The van der Waals surface area contributed by atoms with Gasteiger partial charge in [0, 0.05) is 0 Å². The molecule has 1 aromatic heterocycles. The van der Waals surface area contributed by atoms with Crippen molar-refractivity contribution in [3.63, 3.8) is 0 Å². The monoisotopic (exact) mass is 327 g/mol. The quantitative estimate of drug-likeness (QED) is 0.911. The average molecular weight is 327 g/mol. The van der Waals surface area contributed by atoms with Crippen molar-refractivity contribution >= 4 is 38.8 Å². The lowest BCUT2D eigenvalue weighted by atomic mass is 10.2. The highest BCUT2D eigenvalue weighted by Crippen LogP contribution is 2.35. The van der Waals surface area contributed by atoms with E-state index >= 15 is 0 Å². The number of rotatable bonds is 2. The van der Waals surface area contributed by atoms with Crippen LogP contribution in [0, 0.1) is 12.7 Å². The zero-order chi connectivity index (χ0) is 15.2. The van der Waals surface area contributed by atoms with Gasteiger partial charge in [-0.15, -0.1) is 0 Å². The Labute approximate surface area is 124 Å². The van der Waals surface area contributed by atoms with Gasteiger partial charge in [0.05, 0.1) is 17.1 Å². The smallest absolute Gasteiger partial charge is 0.275 e. The lowest BCUT2D eigenvalue weighted by Gasteiger charge is -2.29. The highest BCUT2D eigenvalue weighted by Gasteiger charge is 2.33. The molecule has 21 heavy (non-hydrogen) atoms. The molecule has 0 fully saturated rings. The molecule has 1 aromatic carbocycles. The summed E-state index contributed by atoms with van der Waals surface area (Å²) >= 11 is 0.844. The number of carbonyl (C=O) groups excluding carboxylic acids is 1. The molecule has 2 aromatic rings. The van der Waals surface area contributed by atoms with Crippen LogP contribution < -0.4 is 9.62 Å². The number of nitrogens with one attached hydrogen (secondary N) is 1. The van der Waals surface area contributed by atoms with E-state index < -0.39 is 21.7 Å². The van der Waals surface area contributed by atoms with Gasteiger partial charge in [-0.05, 0) is 42.7 Å². The van der Waals surface area contributed by atoms with Crippen molar-refractivity contribution in [3.05, 3.63) is 35.8 Å². The van der Waals surface area contributed by atoms with E-state index in [1.54, 1.807) is 6.92 Å². The lowest BCUT2D eigenvalue weighted by molar-refractivity contribution is -0.115. The molecule has 0 spiro atoms. The van der Waals surface area contributed by atoms with Crippen LogP contribution in [0.15, 0.2) is 28.5 Å².